The van der Waals surface area contributed by atoms with Gasteiger partial charge < -0.3 is 9.73 Å². The maximum absolute atomic E-state index is 11.6. The van der Waals surface area contributed by atoms with Crippen molar-refractivity contribution in [2.24, 2.45) is 0 Å². The first-order valence-electron chi connectivity index (χ1n) is 5.84. The Bertz CT molecular complexity index is 531. The van der Waals surface area contributed by atoms with Gasteiger partial charge in [-0.25, -0.2) is 0 Å². The van der Waals surface area contributed by atoms with Crippen molar-refractivity contribution in [3.63, 3.8) is 0 Å². The van der Waals surface area contributed by atoms with E-state index >= 15 is 0 Å². The summed E-state index contributed by atoms with van der Waals surface area (Å²) in [5.74, 6) is 0.981. The number of aromatic nitrogens is 1. The number of carbonyl (C=O) groups is 1. The highest BCUT2D eigenvalue weighted by Gasteiger charge is 2.16. The van der Waals surface area contributed by atoms with Crippen LogP contribution in [0.5, 0.6) is 0 Å². The molecule has 1 unspecified atom stereocenters. The Kier molecular flexibility index (Phi) is 3.81. The SMILES string of the molecule is CC(=O)c1c(C)nsc1NC(C)Cc1ccco1. The van der Waals surface area contributed by atoms with Gasteiger partial charge in [-0.05, 0) is 44.4 Å². The van der Waals surface area contributed by atoms with Gasteiger partial charge in [-0.1, -0.05) is 0 Å². The quantitative estimate of drug-likeness (QED) is 0.842. The van der Waals surface area contributed by atoms with Crippen LogP contribution < -0.4 is 5.32 Å². The van der Waals surface area contributed by atoms with Crippen molar-refractivity contribution in [1.29, 1.82) is 0 Å². The molecule has 0 amide bonds. The van der Waals surface area contributed by atoms with Crippen LogP contribution in [0, 0.1) is 6.92 Å². The second kappa shape index (κ2) is 5.35. The van der Waals surface area contributed by atoms with E-state index in [0.29, 0.717) is 5.56 Å². The molecule has 0 aliphatic carbocycles. The molecule has 0 bridgehead atoms. The van der Waals surface area contributed by atoms with Crippen LogP contribution >= 0.6 is 11.5 Å². The number of carbonyl (C=O) groups excluding carboxylic acids is 1. The monoisotopic (exact) mass is 264 g/mol. The molecule has 0 spiro atoms. The van der Waals surface area contributed by atoms with Gasteiger partial charge in [0, 0.05) is 12.5 Å². The Morgan fingerprint density at radius 1 is 1.61 bits per heavy atom. The average molecular weight is 264 g/mol. The third-order valence-corrected chi connectivity index (χ3v) is 3.55. The predicted molar refractivity (Wildman–Crippen MR) is 72.4 cm³/mol. The predicted octanol–water partition coefficient (Wildman–Crippen LogP) is 3.29. The van der Waals surface area contributed by atoms with Gasteiger partial charge in [-0.15, -0.1) is 0 Å². The molecule has 2 aromatic rings. The van der Waals surface area contributed by atoms with Crippen molar-refractivity contribution in [3.05, 3.63) is 35.4 Å². The number of hydrogen-bond acceptors (Lipinski definition) is 5. The maximum Gasteiger partial charge on any atom is 0.164 e. The first-order chi connectivity index (χ1) is 8.58. The first kappa shape index (κ1) is 12.8. The molecule has 18 heavy (non-hydrogen) atoms. The summed E-state index contributed by atoms with van der Waals surface area (Å²) in [6.07, 6.45) is 2.45. The molecule has 2 rings (SSSR count). The van der Waals surface area contributed by atoms with Gasteiger partial charge in [-0.3, -0.25) is 4.79 Å². The lowest BCUT2D eigenvalue weighted by atomic mass is 10.1. The van der Waals surface area contributed by atoms with Crippen LogP contribution in [0.15, 0.2) is 22.8 Å². The van der Waals surface area contributed by atoms with Gasteiger partial charge in [0.05, 0.1) is 17.5 Å². The molecule has 2 aromatic heterocycles. The molecular weight excluding hydrogens is 248 g/mol. The van der Waals surface area contributed by atoms with Gasteiger partial charge >= 0.3 is 0 Å². The number of aryl methyl sites for hydroxylation is 1. The highest BCUT2D eigenvalue weighted by molar-refractivity contribution is 7.10. The molecular formula is C13H16N2O2S. The second-order valence-corrected chi connectivity index (χ2v) is 5.13. The van der Waals surface area contributed by atoms with Gasteiger partial charge in [0.2, 0.25) is 0 Å². The number of nitrogens with zero attached hydrogens (tertiary/aromatic N) is 1. The molecule has 0 saturated carbocycles. The zero-order valence-electron chi connectivity index (χ0n) is 10.7. The molecule has 5 heteroatoms. The van der Waals surface area contributed by atoms with Gasteiger partial charge in [0.15, 0.2) is 5.78 Å². The van der Waals surface area contributed by atoms with Gasteiger partial charge in [0.25, 0.3) is 0 Å². The van der Waals surface area contributed by atoms with E-state index < -0.39 is 0 Å². The molecule has 96 valence electrons. The van der Waals surface area contributed by atoms with E-state index in [2.05, 4.69) is 16.6 Å². The average Bonchev–Trinajstić information content (AvgIpc) is 2.88. The topological polar surface area (TPSA) is 55.1 Å². The van der Waals surface area contributed by atoms with Crippen LogP contribution in [0.1, 0.15) is 35.7 Å². The maximum atomic E-state index is 11.6. The molecule has 0 aliphatic rings. The molecule has 0 fully saturated rings. The second-order valence-electron chi connectivity index (χ2n) is 4.36. The largest absolute Gasteiger partial charge is 0.469 e. The number of anilines is 1. The fraction of sp³-hybridized carbons (Fsp3) is 0.385. The lowest BCUT2D eigenvalue weighted by Gasteiger charge is -2.12. The van der Waals surface area contributed by atoms with Gasteiger partial charge in [0.1, 0.15) is 10.8 Å². The van der Waals surface area contributed by atoms with E-state index in [1.54, 1.807) is 13.2 Å². The Labute approximate surface area is 110 Å². The highest BCUT2D eigenvalue weighted by Crippen LogP contribution is 2.26. The molecule has 2 heterocycles. The van der Waals surface area contributed by atoms with E-state index in [4.69, 9.17) is 4.42 Å². The van der Waals surface area contributed by atoms with Crippen LogP contribution in [0.25, 0.3) is 0 Å². The normalized spacial score (nSPS) is 12.4. The Balaban J connectivity index is 2.07. The number of rotatable bonds is 5. The lowest BCUT2D eigenvalue weighted by molar-refractivity contribution is 0.101. The molecule has 0 aliphatic heterocycles. The molecule has 0 aromatic carbocycles. The van der Waals surface area contributed by atoms with Gasteiger partial charge in [-0.2, -0.15) is 4.37 Å². The smallest absolute Gasteiger partial charge is 0.164 e. The summed E-state index contributed by atoms with van der Waals surface area (Å²) in [5.41, 5.74) is 1.49. The molecule has 0 radical (unpaired) electrons. The summed E-state index contributed by atoms with van der Waals surface area (Å²) in [6, 6.07) is 4.01. The Hall–Kier alpha value is -1.62. The van der Waals surface area contributed by atoms with Crippen molar-refractivity contribution < 1.29 is 9.21 Å². The minimum Gasteiger partial charge on any atom is -0.469 e. The number of nitrogens with one attached hydrogen (secondary N) is 1. The van der Waals surface area contributed by atoms with Crippen molar-refractivity contribution in [2.75, 3.05) is 5.32 Å². The summed E-state index contributed by atoms with van der Waals surface area (Å²) in [4.78, 5) is 11.6. The van der Waals surface area contributed by atoms with Crippen LogP contribution in [0.4, 0.5) is 5.00 Å². The zero-order valence-corrected chi connectivity index (χ0v) is 11.5. The highest BCUT2D eigenvalue weighted by atomic mass is 32.1. The summed E-state index contributed by atoms with van der Waals surface area (Å²) in [6.45, 7) is 5.48. The van der Waals surface area contributed by atoms with Crippen LogP contribution in [0.3, 0.4) is 0 Å². The van der Waals surface area contributed by atoms with Crippen molar-refractivity contribution in [3.8, 4) is 0 Å². The molecule has 1 atom stereocenters. The van der Waals surface area contributed by atoms with Crippen LogP contribution in [0.2, 0.25) is 0 Å². The van der Waals surface area contributed by atoms with Crippen molar-refractivity contribution in [1.82, 2.24) is 4.37 Å². The van der Waals surface area contributed by atoms with E-state index in [0.717, 1.165) is 22.9 Å². The molecule has 1 N–H and O–H groups in total. The Morgan fingerprint density at radius 3 is 3.00 bits per heavy atom. The van der Waals surface area contributed by atoms with E-state index in [1.165, 1.54) is 11.5 Å². The fourth-order valence-electron chi connectivity index (χ4n) is 1.89. The molecule has 0 saturated heterocycles. The van der Waals surface area contributed by atoms with E-state index in [1.807, 2.05) is 19.1 Å². The Morgan fingerprint density at radius 2 is 2.39 bits per heavy atom. The summed E-state index contributed by atoms with van der Waals surface area (Å²) < 4.78 is 9.53. The summed E-state index contributed by atoms with van der Waals surface area (Å²) >= 11 is 1.33. The first-order valence-corrected chi connectivity index (χ1v) is 6.61. The lowest BCUT2D eigenvalue weighted by Crippen LogP contribution is -2.18. The fourth-order valence-corrected chi connectivity index (χ4v) is 2.84. The number of ketones is 1. The summed E-state index contributed by atoms with van der Waals surface area (Å²) in [5, 5.41) is 4.17. The number of furan rings is 1. The van der Waals surface area contributed by atoms with Crippen LogP contribution in [-0.2, 0) is 6.42 Å². The third-order valence-electron chi connectivity index (χ3n) is 2.68. The zero-order chi connectivity index (χ0) is 13.1. The standard InChI is InChI=1S/C13H16N2O2S/c1-8(7-11-5-4-6-17-11)14-13-12(10(3)16)9(2)15-18-13/h4-6,8,14H,7H2,1-3H3. The van der Waals surface area contributed by atoms with E-state index in [9.17, 15) is 4.79 Å². The number of Topliss-reactive ketones (excluding diaryl/α,β-unsaturated/α-hetero) is 1. The van der Waals surface area contributed by atoms with Crippen LogP contribution in [-0.4, -0.2) is 16.2 Å². The minimum atomic E-state index is 0.0500. The third kappa shape index (κ3) is 2.79. The van der Waals surface area contributed by atoms with Crippen molar-refractivity contribution in [2.45, 2.75) is 33.2 Å². The minimum absolute atomic E-state index is 0.0500. The van der Waals surface area contributed by atoms with E-state index in [-0.39, 0.29) is 11.8 Å². The number of hydrogen-bond donors (Lipinski definition) is 1. The molecule has 4 nitrogen and oxygen atoms in total. The summed E-state index contributed by atoms with van der Waals surface area (Å²) in [7, 11) is 0. The van der Waals surface area contributed by atoms with Crippen molar-refractivity contribution >= 4 is 22.3 Å².